The Labute approximate surface area is 217 Å². The number of carboxylic acids is 2. The van der Waals surface area contributed by atoms with E-state index in [1.165, 1.54) is 41.5 Å². The molecule has 3 rings (SSSR count). The van der Waals surface area contributed by atoms with Crippen LogP contribution in [-0.4, -0.2) is 47.7 Å². The Bertz CT molecular complexity index is 877. The quantitative estimate of drug-likeness (QED) is 0.331. The van der Waals surface area contributed by atoms with Gasteiger partial charge in [-0.15, -0.1) is 0 Å². The van der Waals surface area contributed by atoms with Gasteiger partial charge in [-0.2, -0.15) is 0 Å². The second-order valence-electron chi connectivity index (χ2n) is 8.28. The van der Waals surface area contributed by atoms with Crippen molar-refractivity contribution in [2.45, 2.75) is 40.5 Å². The second kappa shape index (κ2) is 17.4. The van der Waals surface area contributed by atoms with Crippen LogP contribution in [-0.2, 0) is 9.59 Å². The maximum absolute atomic E-state index is 9.00. The van der Waals surface area contributed by atoms with Crippen LogP contribution in [0.15, 0.2) is 91.0 Å². The minimum absolute atomic E-state index is 0.833. The van der Waals surface area contributed by atoms with Crippen LogP contribution in [0, 0.1) is 0 Å². The Morgan fingerprint density at radius 2 is 1.03 bits per heavy atom. The minimum Gasteiger partial charge on any atom is -0.550 e. The maximum atomic E-state index is 9.00. The fourth-order valence-corrected chi connectivity index (χ4v) is 8.52. The standard InChI is InChI=1S/C26H33NP.2C2H4O2/c1-3-27(4-2)22-14-15-23-28(24-16-8-5-9-17-24,25-18-10-6-11-19-25)26-20-12-7-13-21-26;2*1-2(3)4/h5-13,16-21H,3-4,14-15,22-23H2,1-2H3;2*1H3,(H,3,4)/q+1;;/p-1. The van der Waals surface area contributed by atoms with Gasteiger partial charge < -0.3 is 19.9 Å². The van der Waals surface area contributed by atoms with Crippen molar-refractivity contribution in [2.24, 2.45) is 0 Å². The summed E-state index contributed by atoms with van der Waals surface area (Å²) < 4.78 is 0. The summed E-state index contributed by atoms with van der Waals surface area (Å²) in [6.45, 7) is 10.1. The molecular formula is C30H40NO4P. The van der Waals surface area contributed by atoms with Gasteiger partial charge in [0.2, 0.25) is 0 Å². The lowest BCUT2D eigenvalue weighted by Crippen LogP contribution is -2.33. The molecule has 6 heteroatoms. The van der Waals surface area contributed by atoms with Gasteiger partial charge in [0, 0.05) is 12.9 Å². The Morgan fingerprint density at radius 3 is 1.31 bits per heavy atom. The highest BCUT2D eigenvalue weighted by Crippen LogP contribution is 2.55. The number of rotatable bonds is 10. The molecular weight excluding hydrogens is 469 g/mol. The SMILES string of the molecule is CC(=O)O.CC(=O)[O-].CCN(CC)CCCC[P+](c1ccccc1)(c1ccccc1)c1ccccc1. The third-order valence-electron chi connectivity index (χ3n) is 5.70. The summed E-state index contributed by atoms with van der Waals surface area (Å²) in [7, 11) is -1.65. The van der Waals surface area contributed by atoms with Crippen molar-refractivity contribution in [3.05, 3.63) is 91.0 Å². The number of aliphatic carboxylic acids is 2. The van der Waals surface area contributed by atoms with Crippen molar-refractivity contribution in [2.75, 3.05) is 25.8 Å². The monoisotopic (exact) mass is 509 g/mol. The number of hydrogen-bond acceptors (Lipinski definition) is 4. The van der Waals surface area contributed by atoms with Gasteiger partial charge >= 0.3 is 0 Å². The van der Waals surface area contributed by atoms with Crippen LogP contribution in [0.1, 0.15) is 40.5 Å². The van der Waals surface area contributed by atoms with E-state index in [2.05, 4.69) is 110 Å². The molecule has 0 saturated carbocycles. The van der Waals surface area contributed by atoms with Crippen LogP contribution in [0.4, 0.5) is 0 Å². The molecule has 0 unspecified atom stereocenters. The van der Waals surface area contributed by atoms with Crippen molar-refractivity contribution in [1.29, 1.82) is 0 Å². The topological polar surface area (TPSA) is 80.7 Å². The van der Waals surface area contributed by atoms with Crippen LogP contribution in [0.3, 0.4) is 0 Å². The van der Waals surface area contributed by atoms with Gasteiger partial charge in [-0.25, -0.2) is 0 Å². The number of hydrogen-bond donors (Lipinski definition) is 1. The van der Waals surface area contributed by atoms with Gasteiger partial charge in [0.05, 0.1) is 6.16 Å². The smallest absolute Gasteiger partial charge is 0.300 e. The fraction of sp³-hybridized carbons (Fsp3) is 0.333. The van der Waals surface area contributed by atoms with Crippen molar-refractivity contribution in [1.82, 2.24) is 4.90 Å². The lowest BCUT2D eigenvalue weighted by molar-refractivity contribution is -0.302. The number of nitrogens with zero attached hydrogens (tertiary/aromatic N) is 1. The van der Waals surface area contributed by atoms with Crippen LogP contribution in [0.5, 0.6) is 0 Å². The second-order valence-corrected chi connectivity index (χ2v) is 11.9. The van der Waals surface area contributed by atoms with Gasteiger partial charge in [-0.3, -0.25) is 4.79 Å². The van der Waals surface area contributed by atoms with Crippen LogP contribution < -0.4 is 21.0 Å². The Balaban J connectivity index is 0.000000709. The van der Waals surface area contributed by atoms with E-state index in [-0.39, 0.29) is 0 Å². The molecule has 0 aliphatic rings. The Morgan fingerprint density at radius 1 is 0.722 bits per heavy atom. The molecule has 5 nitrogen and oxygen atoms in total. The molecule has 194 valence electrons. The highest BCUT2D eigenvalue weighted by molar-refractivity contribution is 7.95. The zero-order valence-electron chi connectivity index (χ0n) is 22.0. The molecule has 0 amide bonds. The first kappa shape index (κ1) is 31.0. The molecule has 0 spiro atoms. The number of unbranched alkanes of at least 4 members (excludes halogenated alkanes) is 1. The summed E-state index contributed by atoms with van der Waals surface area (Å²) in [6, 6.07) is 33.7. The lowest BCUT2D eigenvalue weighted by atomic mass is 10.3. The first-order chi connectivity index (χ1) is 17.3. The minimum atomic E-state index is -1.65. The molecule has 36 heavy (non-hydrogen) atoms. The molecule has 0 aliphatic carbocycles. The molecule has 0 saturated heterocycles. The van der Waals surface area contributed by atoms with Crippen LogP contribution in [0.2, 0.25) is 0 Å². The molecule has 0 aliphatic heterocycles. The molecule has 0 atom stereocenters. The predicted octanol–water partition coefficient (Wildman–Crippen LogP) is 3.95. The average Bonchev–Trinajstić information content (AvgIpc) is 2.87. The van der Waals surface area contributed by atoms with Crippen LogP contribution in [0.25, 0.3) is 0 Å². The summed E-state index contributed by atoms with van der Waals surface area (Å²) in [5, 5.41) is 20.8. The Kier molecular flexibility index (Phi) is 15.0. The van der Waals surface area contributed by atoms with E-state index in [9.17, 15) is 0 Å². The summed E-state index contributed by atoms with van der Waals surface area (Å²) in [4.78, 5) is 20.4. The molecule has 0 heterocycles. The number of carbonyl (C=O) groups excluding carboxylic acids is 1. The van der Waals surface area contributed by atoms with E-state index in [4.69, 9.17) is 19.8 Å². The fourth-order valence-electron chi connectivity index (χ4n) is 4.11. The first-order valence-electron chi connectivity index (χ1n) is 12.4. The normalized spacial score (nSPS) is 10.5. The van der Waals surface area contributed by atoms with Crippen LogP contribution >= 0.6 is 7.26 Å². The number of carboxylic acid groups (broad SMARTS) is 2. The third-order valence-corrected chi connectivity index (χ3v) is 10.2. The first-order valence-corrected chi connectivity index (χ1v) is 14.4. The Hall–Kier alpha value is -3.01. The van der Waals surface area contributed by atoms with Crippen molar-refractivity contribution >= 4 is 35.1 Å². The summed E-state index contributed by atoms with van der Waals surface area (Å²) in [6.07, 6.45) is 3.74. The number of carbonyl (C=O) groups is 2. The van der Waals surface area contributed by atoms with Gasteiger partial charge in [-0.05, 0) is 75.8 Å². The van der Waals surface area contributed by atoms with Gasteiger partial charge in [0.15, 0.2) is 0 Å². The van der Waals surface area contributed by atoms with E-state index >= 15 is 0 Å². The zero-order valence-corrected chi connectivity index (χ0v) is 22.9. The van der Waals surface area contributed by atoms with Crippen molar-refractivity contribution in [3.8, 4) is 0 Å². The van der Waals surface area contributed by atoms with E-state index in [1.807, 2.05) is 0 Å². The van der Waals surface area contributed by atoms with E-state index in [1.54, 1.807) is 0 Å². The molecule has 0 fully saturated rings. The van der Waals surface area contributed by atoms with Gasteiger partial charge in [-0.1, -0.05) is 68.4 Å². The van der Waals surface area contributed by atoms with Gasteiger partial charge in [0.1, 0.15) is 23.2 Å². The largest absolute Gasteiger partial charge is 0.550 e. The molecule has 0 bridgehead atoms. The summed E-state index contributed by atoms with van der Waals surface area (Å²) in [5.41, 5.74) is 0. The lowest BCUT2D eigenvalue weighted by Gasteiger charge is -2.28. The van der Waals surface area contributed by atoms with E-state index in [0.717, 1.165) is 26.9 Å². The summed E-state index contributed by atoms with van der Waals surface area (Å²) >= 11 is 0. The maximum Gasteiger partial charge on any atom is 0.300 e. The molecule has 3 aromatic carbocycles. The van der Waals surface area contributed by atoms with E-state index in [0.29, 0.717) is 0 Å². The third kappa shape index (κ3) is 10.7. The highest BCUT2D eigenvalue weighted by Gasteiger charge is 2.44. The van der Waals surface area contributed by atoms with E-state index < -0.39 is 19.2 Å². The molecule has 1 N–H and O–H groups in total. The highest BCUT2D eigenvalue weighted by atomic mass is 31.2. The average molecular weight is 510 g/mol. The predicted molar refractivity (Wildman–Crippen MR) is 151 cm³/mol. The molecule has 0 aromatic heterocycles. The van der Waals surface area contributed by atoms with Crippen molar-refractivity contribution in [3.63, 3.8) is 0 Å². The molecule has 0 radical (unpaired) electrons. The van der Waals surface area contributed by atoms with Crippen molar-refractivity contribution < 1.29 is 19.8 Å². The zero-order chi connectivity index (χ0) is 26.8. The summed E-state index contributed by atoms with van der Waals surface area (Å²) in [5.74, 6) is -1.92. The van der Waals surface area contributed by atoms with Gasteiger partial charge in [0.25, 0.3) is 5.97 Å². The number of benzene rings is 3. The molecule has 3 aromatic rings.